The highest BCUT2D eigenvalue weighted by Gasteiger charge is 2.45. The van der Waals surface area contributed by atoms with E-state index in [0.29, 0.717) is 18.8 Å². The number of methoxy groups -OCH3 is 1. The molecule has 2 fully saturated rings. The van der Waals surface area contributed by atoms with Crippen LogP contribution in [-0.4, -0.2) is 54.5 Å². The topological polar surface area (TPSA) is 64.8 Å². The predicted molar refractivity (Wildman–Crippen MR) is 84.4 cm³/mol. The van der Waals surface area contributed by atoms with E-state index in [4.69, 9.17) is 14.0 Å². The zero-order valence-electron chi connectivity index (χ0n) is 14.2. The number of ether oxygens (including phenoxy) is 2. The highest BCUT2D eigenvalue weighted by Crippen LogP contribution is 2.37. The van der Waals surface area contributed by atoms with Gasteiger partial charge in [0.05, 0.1) is 11.7 Å². The van der Waals surface area contributed by atoms with Gasteiger partial charge in [0.15, 0.2) is 5.69 Å². The number of carbonyl (C=O) groups is 1. The monoisotopic (exact) mass is 322 g/mol. The maximum Gasteiger partial charge on any atom is 0.276 e. The van der Waals surface area contributed by atoms with Crippen LogP contribution in [0.3, 0.4) is 0 Å². The van der Waals surface area contributed by atoms with E-state index in [1.807, 2.05) is 18.7 Å². The third-order valence-corrected chi connectivity index (χ3v) is 5.09. The maximum absolute atomic E-state index is 12.6. The Balaban J connectivity index is 1.64. The lowest BCUT2D eigenvalue weighted by molar-refractivity contribution is -0.183. The second-order valence-electron chi connectivity index (χ2n) is 6.84. The summed E-state index contributed by atoms with van der Waals surface area (Å²) in [6.45, 7) is 6.16. The molecule has 3 rings (SSSR count). The summed E-state index contributed by atoms with van der Waals surface area (Å²) in [6.07, 6.45) is 3.83. The SMILES string of the molecule is CO[C@@H]1CCCOC12CCN(C(=O)c1cc(C(C)C)on1)CC2. The number of hydrogen-bond donors (Lipinski definition) is 0. The minimum absolute atomic E-state index is 0.0553. The molecule has 0 bridgehead atoms. The van der Waals surface area contributed by atoms with E-state index in [9.17, 15) is 4.79 Å². The minimum atomic E-state index is -0.225. The summed E-state index contributed by atoms with van der Waals surface area (Å²) in [5.74, 6) is 0.920. The van der Waals surface area contributed by atoms with E-state index in [2.05, 4.69) is 5.16 Å². The van der Waals surface area contributed by atoms with Crippen LogP contribution in [0.25, 0.3) is 0 Å². The number of piperidine rings is 1. The van der Waals surface area contributed by atoms with Gasteiger partial charge in [-0.2, -0.15) is 0 Å². The lowest BCUT2D eigenvalue weighted by Crippen LogP contribution is -2.56. The minimum Gasteiger partial charge on any atom is -0.378 e. The number of amides is 1. The van der Waals surface area contributed by atoms with Crippen molar-refractivity contribution in [3.63, 3.8) is 0 Å². The Morgan fingerprint density at radius 2 is 2.17 bits per heavy atom. The molecule has 1 aromatic heterocycles. The standard InChI is InChI=1S/C17H26N2O4/c1-12(2)14-11-13(18-23-14)16(20)19-8-6-17(7-9-19)15(21-3)5-4-10-22-17/h11-12,15H,4-10H2,1-3H3/t15-/m1/s1. The molecule has 1 spiro atoms. The van der Waals surface area contributed by atoms with Crippen LogP contribution in [0.5, 0.6) is 0 Å². The number of nitrogens with zero attached hydrogens (tertiary/aromatic N) is 2. The van der Waals surface area contributed by atoms with Crippen LogP contribution >= 0.6 is 0 Å². The summed E-state index contributed by atoms with van der Waals surface area (Å²) in [7, 11) is 1.75. The summed E-state index contributed by atoms with van der Waals surface area (Å²) in [5.41, 5.74) is 0.175. The van der Waals surface area contributed by atoms with Crippen LogP contribution in [0.15, 0.2) is 10.6 Å². The molecule has 0 N–H and O–H groups in total. The molecule has 0 saturated carbocycles. The summed E-state index contributed by atoms with van der Waals surface area (Å²) in [5, 5.41) is 3.93. The molecule has 6 nitrogen and oxygen atoms in total. The molecular formula is C17H26N2O4. The highest BCUT2D eigenvalue weighted by atomic mass is 16.5. The molecule has 128 valence electrons. The molecule has 0 radical (unpaired) electrons. The lowest BCUT2D eigenvalue weighted by Gasteiger charge is -2.47. The molecule has 0 aliphatic carbocycles. The van der Waals surface area contributed by atoms with Crippen molar-refractivity contribution in [1.29, 1.82) is 0 Å². The fourth-order valence-corrected chi connectivity index (χ4v) is 3.61. The van der Waals surface area contributed by atoms with Crippen LogP contribution in [-0.2, 0) is 9.47 Å². The largest absolute Gasteiger partial charge is 0.378 e. The fraction of sp³-hybridized carbons (Fsp3) is 0.765. The van der Waals surface area contributed by atoms with Crippen molar-refractivity contribution in [2.75, 3.05) is 26.8 Å². The summed E-state index contributed by atoms with van der Waals surface area (Å²) in [4.78, 5) is 14.4. The van der Waals surface area contributed by atoms with E-state index in [1.54, 1.807) is 13.2 Å². The lowest BCUT2D eigenvalue weighted by atomic mass is 9.82. The smallest absolute Gasteiger partial charge is 0.276 e. The number of likely N-dealkylation sites (tertiary alicyclic amines) is 1. The van der Waals surface area contributed by atoms with Gasteiger partial charge in [-0.05, 0) is 25.7 Å². The number of hydrogen-bond acceptors (Lipinski definition) is 5. The first-order valence-electron chi connectivity index (χ1n) is 8.48. The molecule has 1 aromatic rings. The van der Waals surface area contributed by atoms with Crippen molar-refractivity contribution in [3.05, 3.63) is 17.5 Å². The van der Waals surface area contributed by atoms with E-state index >= 15 is 0 Å². The fourth-order valence-electron chi connectivity index (χ4n) is 3.61. The highest BCUT2D eigenvalue weighted by molar-refractivity contribution is 5.92. The van der Waals surface area contributed by atoms with Gasteiger partial charge >= 0.3 is 0 Å². The van der Waals surface area contributed by atoms with Gasteiger partial charge in [-0.3, -0.25) is 4.79 Å². The van der Waals surface area contributed by atoms with Gasteiger partial charge in [0, 0.05) is 38.8 Å². The van der Waals surface area contributed by atoms with E-state index < -0.39 is 0 Å². The molecule has 3 heterocycles. The average Bonchev–Trinajstić information content (AvgIpc) is 3.06. The molecule has 2 saturated heterocycles. The van der Waals surface area contributed by atoms with E-state index in [1.165, 1.54) is 0 Å². The van der Waals surface area contributed by atoms with Crippen molar-refractivity contribution in [1.82, 2.24) is 10.1 Å². The van der Waals surface area contributed by atoms with Crippen molar-refractivity contribution < 1.29 is 18.8 Å². The van der Waals surface area contributed by atoms with E-state index in [0.717, 1.165) is 38.1 Å². The van der Waals surface area contributed by atoms with Crippen molar-refractivity contribution in [3.8, 4) is 0 Å². The zero-order valence-corrected chi connectivity index (χ0v) is 14.2. The molecule has 1 atom stereocenters. The number of carbonyl (C=O) groups excluding carboxylic acids is 1. The molecule has 2 aliphatic heterocycles. The number of rotatable bonds is 3. The summed E-state index contributed by atoms with van der Waals surface area (Å²) in [6, 6.07) is 1.76. The summed E-state index contributed by atoms with van der Waals surface area (Å²) < 4.78 is 17.0. The molecule has 0 unspecified atom stereocenters. The van der Waals surface area contributed by atoms with Crippen molar-refractivity contribution >= 4 is 5.91 Å². The van der Waals surface area contributed by atoms with Gasteiger partial charge in [0.2, 0.25) is 0 Å². The predicted octanol–water partition coefficient (Wildman–Crippen LogP) is 2.60. The third kappa shape index (κ3) is 3.15. The van der Waals surface area contributed by atoms with Gasteiger partial charge in [-0.15, -0.1) is 0 Å². The van der Waals surface area contributed by atoms with Gasteiger partial charge < -0.3 is 18.9 Å². The first-order valence-corrected chi connectivity index (χ1v) is 8.48. The van der Waals surface area contributed by atoms with Crippen LogP contribution in [0, 0.1) is 0 Å². The van der Waals surface area contributed by atoms with Gasteiger partial charge in [-0.25, -0.2) is 0 Å². The Morgan fingerprint density at radius 1 is 1.43 bits per heavy atom. The second-order valence-corrected chi connectivity index (χ2v) is 6.84. The molecule has 6 heteroatoms. The normalized spacial score (nSPS) is 24.3. The van der Waals surface area contributed by atoms with Crippen LogP contribution < -0.4 is 0 Å². The third-order valence-electron chi connectivity index (χ3n) is 5.09. The molecule has 0 aromatic carbocycles. The zero-order chi connectivity index (χ0) is 16.4. The Labute approximate surface area is 137 Å². The van der Waals surface area contributed by atoms with Crippen molar-refractivity contribution in [2.45, 2.75) is 57.2 Å². The Morgan fingerprint density at radius 3 is 2.78 bits per heavy atom. The Bertz CT molecular complexity index is 547. The quantitative estimate of drug-likeness (QED) is 0.856. The Kier molecular flexibility index (Phi) is 4.73. The van der Waals surface area contributed by atoms with Crippen LogP contribution in [0.2, 0.25) is 0 Å². The number of aromatic nitrogens is 1. The Hall–Kier alpha value is -1.40. The van der Waals surface area contributed by atoms with Gasteiger partial charge in [-0.1, -0.05) is 19.0 Å². The molecular weight excluding hydrogens is 296 g/mol. The van der Waals surface area contributed by atoms with Crippen molar-refractivity contribution in [2.24, 2.45) is 0 Å². The average molecular weight is 322 g/mol. The van der Waals surface area contributed by atoms with E-state index in [-0.39, 0.29) is 23.5 Å². The maximum atomic E-state index is 12.6. The first-order chi connectivity index (χ1) is 11.1. The molecule has 23 heavy (non-hydrogen) atoms. The first kappa shape index (κ1) is 16.5. The molecule has 1 amide bonds. The van der Waals surface area contributed by atoms with Gasteiger partial charge in [0.1, 0.15) is 5.76 Å². The van der Waals surface area contributed by atoms with Crippen LogP contribution in [0.1, 0.15) is 61.7 Å². The second kappa shape index (κ2) is 6.61. The summed E-state index contributed by atoms with van der Waals surface area (Å²) >= 11 is 0. The molecule has 2 aliphatic rings. The van der Waals surface area contributed by atoms with Gasteiger partial charge in [0.25, 0.3) is 5.91 Å². The van der Waals surface area contributed by atoms with Crippen LogP contribution in [0.4, 0.5) is 0 Å².